The smallest absolute Gasteiger partial charge is 0.335 e. The van der Waals surface area contributed by atoms with Crippen molar-refractivity contribution in [1.29, 1.82) is 0 Å². The number of nitrogens with zero attached hydrogens (tertiary/aromatic N) is 7. The Balaban J connectivity index is 1.53. The van der Waals surface area contributed by atoms with Gasteiger partial charge in [0.2, 0.25) is 9.84 Å². The van der Waals surface area contributed by atoms with Crippen LogP contribution in [0.5, 0.6) is 17.2 Å². The van der Waals surface area contributed by atoms with Gasteiger partial charge in [0.25, 0.3) is 5.16 Å². The molecule has 0 atom stereocenters. The lowest BCUT2D eigenvalue weighted by Gasteiger charge is -2.38. The zero-order valence-electron chi connectivity index (χ0n) is 28.8. The third-order valence-electron chi connectivity index (χ3n) is 7.62. The quantitative estimate of drug-likeness (QED) is 0.208. The Labute approximate surface area is 270 Å². The van der Waals surface area contributed by atoms with Gasteiger partial charge in [0, 0.05) is 55.8 Å². The molecular weight excluding hydrogens is 610 g/mol. The number of fused-ring (bicyclic) bond motifs is 2. The minimum atomic E-state index is -3.96. The van der Waals surface area contributed by atoms with E-state index in [1.165, 1.54) is 34.1 Å². The number of methoxy groups -OCH3 is 3. The van der Waals surface area contributed by atoms with Crippen LogP contribution in [0.15, 0.2) is 72.0 Å². The molecule has 0 N–H and O–H groups in total. The topological polar surface area (TPSA) is 132 Å². The van der Waals surface area contributed by atoms with Gasteiger partial charge < -0.3 is 19.1 Å². The fourth-order valence-corrected chi connectivity index (χ4v) is 5.91. The van der Waals surface area contributed by atoms with Crippen molar-refractivity contribution < 1.29 is 31.5 Å². The van der Waals surface area contributed by atoms with Crippen LogP contribution in [-0.2, 0) is 30.0 Å². The molecule has 0 bridgehead atoms. The second-order valence-corrected chi connectivity index (χ2v) is 12.7. The number of anilines is 4. The number of aromatic nitrogens is 4. The van der Waals surface area contributed by atoms with E-state index in [0.29, 0.717) is 28.4 Å². The molecule has 0 aliphatic carbocycles. The number of urea groups is 1. The second-order valence-electron chi connectivity index (χ2n) is 10.8. The second kappa shape index (κ2) is 11.9. The fourth-order valence-electron chi connectivity index (χ4n) is 5.40. The van der Waals surface area contributed by atoms with E-state index in [4.69, 9.17) is 18.3 Å². The average molecular weight is 647 g/mol. The van der Waals surface area contributed by atoms with Gasteiger partial charge in [-0.25, -0.2) is 23.1 Å². The van der Waals surface area contributed by atoms with Gasteiger partial charge in [-0.3, -0.25) is 9.58 Å². The molecule has 5 aromatic rings. The number of hydrogen-bond acceptors (Lipinski definition) is 10. The lowest BCUT2D eigenvalue weighted by atomic mass is 10.1. The zero-order valence-corrected chi connectivity index (χ0v) is 26.6. The molecule has 0 unspecified atom stereocenters. The predicted octanol–water partition coefficient (Wildman–Crippen LogP) is 4.71. The molecule has 0 spiro atoms. The van der Waals surface area contributed by atoms with E-state index < -0.39 is 28.1 Å². The third kappa shape index (κ3) is 5.62. The number of amides is 2. The minimum absolute atomic E-state index is 0.000141. The van der Waals surface area contributed by atoms with Crippen LogP contribution in [0.25, 0.3) is 10.9 Å². The van der Waals surface area contributed by atoms with Crippen LogP contribution in [0.3, 0.4) is 0 Å². The largest absolute Gasteiger partial charge is 0.497 e. The van der Waals surface area contributed by atoms with Gasteiger partial charge in [-0.2, -0.15) is 10.1 Å². The van der Waals surface area contributed by atoms with Gasteiger partial charge in [-0.1, -0.05) is 0 Å². The van der Waals surface area contributed by atoms with E-state index in [-0.39, 0.29) is 30.5 Å². The number of carbonyl (C=O) groups is 1. The molecule has 2 aromatic heterocycles. The van der Waals surface area contributed by atoms with Crippen molar-refractivity contribution in [2.75, 3.05) is 49.3 Å². The van der Waals surface area contributed by atoms with E-state index in [1.807, 2.05) is 24.4 Å². The van der Waals surface area contributed by atoms with Crippen LogP contribution in [0.1, 0.15) is 15.2 Å². The summed E-state index contributed by atoms with van der Waals surface area (Å²) >= 11 is 0. The lowest BCUT2D eigenvalue weighted by molar-refractivity contribution is 0.252. The molecule has 6 rings (SSSR count). The summed E-state index contributed by atoms with van der Waals surface area (Å²) in [6, 6.07) is 16.1. The van der Waals surface area contributed by atoms with Gasteiger partial charge >= 0.3 is 6.03 Å². The summed E-state index contributed by atoms with van der Waals surface area (Å²) in [5.41, 5.74) is 2.83. The Morgan fingerprint density at radius 1 is 0.957 bits per heavy atom. The first kappa shape index (κ1) is 27.0. The highest BCUT2D eigenvalue weighted by molar-refractivity contribution is 7.90. The lowest BCUT2D eigenvalue weighted by Crippen LogP contribution is -2.46. The summed E-state index contributed by atoms with van der Waals surface area (Å²) in [4.78, 5) is 28.0. The molecule has 0 radical (unpaired) electrons. The molecule has 2 amide bonds. The molecule has 0 saturated carbocycles. The van der Waals surface area contributed by atoms with Gasteiger partial charge in [0.05, 0.1) is 48.7 Å². The first-order chi connectivity index (χ1) is 23.1. The van der Waals surface area contributed by atoms with Crippen molar-refractivity contribution in [2.24, 2.45) is 7.05 Å². The van der Waals surface area contributed by atoms with E-state index in [0.717, 1.165) is 22.7 Å². The van der Waals surface area contributed by atoms with E-state index in [9.17, 15) is 13.2 Å². The molecule has 13 nitrogen and oxygen atoms in total. The Bertz CT molecular complexity index is 2170. The molecule has 46 heavy (non-hydrogen) atoms. The number of hydrogen-bond donors (Lipinski definition) is 0. The maximum Gasteiger partial charge on any atom is 0.335 e. The molecule has 0 fully saturated rings. The first-order valence-corrected chi connectivity index (χ1v) is 15.9. The van der Waals surface area contributed by atoms with E-state index >= 15 is 0 Å². The van der Waals surface area contributed by atoms with Crippen LogP contribution in [0.2, 0.25) is 0 Å². The van der Waals surface area contributed by atoms with Crippen molar-refractivity contribution in [2.45, 2.75) is 18.2 Å². The number of benzene rings is 3. The molecule has 3 heterocycles. The van der Waals surface area contributed by atoms with E-state index in [2.05, 4.69) is 15.1 Å². The van der Waals surface area contributed by atoms with Crippen LogP contribution in [0.4, 0.5) is 27.8 Å². The summed E-state index contributed by atoms with van der Waals surface area (Å²) in [5, 5.41) is 4.77. The molecular formula is C32H33N7O6S. The van der Waals surface area contributed by atoms with Crippen molar-refractivity contribution in [3.63, 3.8) is 0 Å². The number of sulfone groups is 1. The predicted molar refractivity (Wildman–Crippen MR) is 174 cm³/mol. The monoisotopic (exact) mass is 646 g/mol. The standard InChI is InChI=1S/C32H33N7O6S/c1-36(17-20-7-11-25(44-4)16-28(20)45-5)29-26-19-38(23-10-14-27-21(15-23)18-37(2)35-27)32(40)39(22-8-12-24(43-3)13-9-22)30(26)34-31(33-29)46(6,41)42/h7-16,18H,17,19H2,1-6H3/i3D3. The first-order valence-electron chi connectivity index (χ1n) is 15.5. The molecule has 1 aliphatic heterocycles. The van der Waals surface area contributed by atoms with E-state index in [1.54, 1.807) is 56.1 Å². The van der Waals surface area contributed by atoms with Gasteiger partial charge in [-0.15, -0.1) is 0 Å². The summed E-state index contributed by atoms with van der Waals surface area (Å²) in [5.74, 6) is 1.55. The Kier molecular flexibility index (Phi) is 6.95. The number of rotatable bonds is 9. The summed E-state index contributed by atoms with van der Waals surface area (Å²) in [6.07, 6.45) is 2.84. The minimum Gasteiger partial charge on any atom is -0.497 e. The van der Waals surface area contributed by atoms with Gasteiger partial charge in [0.1, 0.15) is 23.1 Å². The van der Waals surface area contributed by atoms with Crippen molar-refractivity contribution in [1.82, 2.24) is 19.7 Å². The Morgan fingerprint density at radius 2 is 1.70 bits per heavy atom. The Morgan fingerprint density at radius 3 is 2.39 bits per heavy atom. The van der Waals surface area contributed by atoms with Crippen molar-refractivity contribution in [3.8, 4) is 17.2 Å². The molecule has 3 aromatic carbocycles. The SMILES string of the molecule is [2H]C([2H])([2H])Oc1ccc(N2C(=O)N(c3ccc4nn(C)cc4c3)Cc3c(N(C)Cc4ccc(OC)cc4OC)nc(S(C)(=O)=O)nc32)cc1. The van der Waals surface area contributed by atoms with Crippen LogP contribution in [0, 0.1) is 0 Å². The normalized spacial score (nSPS) is 14.4. The summed E-state index contributed by atoms with van der Waals surface area (Å²) in [7, 11) is 0.0212. The molecule has 0 saturated heterocycles. The number of carbonyl (C=O) groups excluding carboxylic acids is 1. The van der Waals surface area contributed by atoms with Crippen LogP contribution < -0.4 is 28.9 Å². The van der Waals surface area contributed by atoms with Crippen molar-refractivity contribution in [3.05, 3.63) is 78.0 Å². The number of ether oxygens (including phenoxy) is 3. The molecule has 1 aliphatic rings. The molecule has 238 valence electrons. The fraction of sp³-hybridized carbons (Fsp3) is 0.250. The third-order valence-corrected chi connectivity index (χ3v) is 8.46. The molecule has 14 heteroatoms. The van der Waals surface area contributed by atoms with Gasteiger partial charge in [-0.05, 0) is 54.6 Å². The zero-order chi connectivity index (χ0) is 35.2. The average Bonchev–Trinajstić information content (AvgIpc) is 3.42. The van der Waals surface area contributed by atoms with Crippen molar-refractivity contribution >= 4 is 49.8 Å². The maximum absolute atomic E-state index is 14.5. The van der Waals surface area contributed by atoms with Crippen LogP contribution >= 0.6 is 0 Å². The highest BCUT2D eigenvalue weighted by atomic mass is 32.2. The highest BCUT2D eigenvalue weighted by Crippen LogP contribution is 2.41. The number of aryl methyl sites for hydroxylation is 1. The van der Waals surface area contributed by atoms with Gasteiger partial charge in [0.15, 0.2) is 5.82 Å². The Hall–Kier alpha value is -5.37. The highest BCUT2D eigenvalue weighted by Gasteiger charge is 2.38. The summed E-state index contributed by atoms with van der Waals surface area (Å²) < 4.78 is 65.9. The van der Waals surface area contributed by atoms with Crippen LogP contribution in [-0.4, -0.2) is 68.8 Å². The maximum atomic E-state index is 14.5. The summed E-state index contributed by atoms with van der Waals surface area (Å²) in [6.45, 7) is 0.247.